The third-order valence-electron chi connectivity index (χ3n) is 3.95. The van der Waals surface area contributed by atoms with Crippen molar-refractivity contribution in [1.29, 1.82) is 0 Å². The number of esters is 2. The van der Waals surface area contributed by atoms with Gasteiger partial charge in [-0.3, -0.25) is 4.90 Å². The van der Waals surface area contributed by atoms with Crippen molar-refractivity contribution in [2.24, 2.45) is 0 Å². The van der Waals surface area contributed by atoms with Crippen molar-refractivity contribution in [3.8, 4) is 0 Å². The van der Waals surface area contributed by atoms with Crippen LogP contribution >= 0.6 is 0 Å². The number of likely N-dealkylation sites (tertiary alicyclic amines) is 1. The number of nitrogens with zero attached hydrogens (tertiary/aromatic N) is 1. The summed E-state index contributed by atoms with van der Waals surface area (Å²) in [5.41, 5.74) is -3.33. The molecule has 0 saturated carbocycles. The first kappa shape index (κ1) is 25.5. The summed E-state index contributed by atoms with van der Waals surface area (Å²) in [7, 11) is 0. The molecule has 172 valence electrons. The van der Waals surface area contributed by atoms with Gasteiger partial charge in [-0.05, 0) is 55.4 Å². The molecular formula is C20H34N2O8. The maximum absolute atomic E-state index is 12.8. The summed E-state index contributed by atoms with van der Waals surface area (Å²) < 4.78 is 20.9. The van der Waals surface area contributed by atoms with Crippen LogP contribution in [-0.4, -0.2) is 71.6 Å². The zero-order valence-electron chi connectivity index (χ0n) is 19.1. The topological polar surface area (TPSA) is 120 Å². The third kappa shape index (κ3) is 7.07. The number of carbonyl (C=O) groups excluding carboxylic acids is 4. The van der Waals surface area contributed by atoms with E-state index in [0.29, 0.717) is 0 Å². The molecular weight excluding hydrogens is 396 g/mol. The van der Waals surface area contributed by atoms with Gasteiger partial charge in [0.1, 0.15) is 17.2 Å². The number of rotatable bonds is 5. The second-order valence-electron chi connectivity index (χ2n) is 9.01. The third-order valence-corrected chi connectivity index (χ3v) is 3.95. The van der Waals surface area contributed by atoms with Crippen LogP contribution in [0, 0.1) is 0 Å². The van der Waals surface area contributed by atoms with E-state index in [1.54, 1.807) is 55.4 Å². The van der Waals surface area contributed by atoms with E-state index in [2.05, 4.69) is 5.32 Å². The van der Waals surface area contributed by atoms with Crippen LogP contribution in [0.5, 0.6) is 0 Å². The maximum atomic E-state index is 12.8. The largest absolute Gasteiger partial charge is 0.464 e. The molecule has 1 rings (SSSR count). The molecule has 30 heavy (non-hydrogen) atoms. The Kier molecular flexibility index (Phi) is 8.10. The molecule has 1 heterocycles. The molecule has 0 bridgehead atoms. The molecule has 10 heteroatoms. The van der Waals surface area contributed by atoms with Gasteiger partial charge >= 0.3 is 24.1 Å². The van der Waals surface area contributed by atoms with Gasteiger partial charge in [-0.1, -0.05) is 0 Å². The Balaban J connectivity index is 3.29. The van der Waals surface area contributed by atoms with Crippen molar-refractivity contribution in [3.63, 3.8) is 0 Å². The number of ether oxygens (including phenoxy) is 4. The molecule has 0 spiro atoms. The van der Waals surface area contributed by atoms with Crippen molar-refractivity contribution in [2.75, 3.05) is 19.8 Å². The highest BCUT2D eigenvalue weighted by Gasteiger charge is 2.57. The fourth-order valence-corrected chi connectivity index (χ4v) is 2.92. The molecule has 1 aliphatic rings. The normalized spacial score (nSPS) is 21.6. The van der Waals surface area contributed by atoms with Crippen molar-refractivity contribution < 1.29 is 38.1 Å². The molecule has 10 nitrogen and oxygen atoms in total. The minimum atomic E-state index is -1.69. The van der Waals surface area contributed by atoms with E-state index in [0.717, 1.165) is 4.90 Å². The van der Waals surface area contributed by atoms with Crippen LogP contribution in [0.25, 0.3) is 0 Å². The van der Waals surface area contributed by atoms with E-state index in [-0.39, 0.29) is 26.2 Å². The zero-order valence-corrected chi connectivity index (χ0v) is 19.1. The van der Waals surface area contributed by atoms with Gasteiger partial charge in [0.15, 0.2) is 5.54 Å². The van der Waals surface area contributed by atoms with Crippen molar-refractivity contribution in [3.05, 3.63) is 0 Å². The maximum Gasteiger partial charge on any atom is 0.411 e. The fraction of sp³-hybridized carbons (Fsp3) is 0.800. The van der Waals surface area contributed by atoms with E-state index < -0.39 is 46.9 Å². The Morgan fingerprint density at radius 2 is 1.47 bits per heavy atom. The van der Waals surface area contributed by atoms with Crippen LogP contribution in [0.1, 0.15) is 61.8 Å². The van der Waals surface area contributed by atoms with Crippen molar-refractivity contribution in [1.82, 2.24) is 10.2 Å². The summed E-state index contributed by atoms with van der Waals surface area (Å²) >= 11 is 0. The molecule has 1 saturated heterocycles. The Morgan fingerprint density at radius 3 is 1.93 bits per heavy atom. The van der Waals surface area contributed by atoms with E-state index in [4.69, 9.17) is 18.9 Å². The van der Waals surface area contributed by atoms with Gasteiger partial charge in [0.25, 0.3) is 0 Å². The molecule has 0 aromatic carbocycles. The summed E-state index contributed by atoms with van der Waals surface area (Å²) in [5.74, 6) is -1.49. The summed E-state index contributed by atoms with van der Waals surface area (Å²) in [5, 5.41) is 2.52. The highest BCUT2D eigenvalue weighted by atomic mass is 16.6. The van der Waals surface area contributed by atoms with E-state index in [1.165, 1.54) is 0 Å². The molecule has 2 amide bonds. The average Bonchev–Trinajstić information content (AvgIpc) is 2.93. The van der Waals surface area contributed by atoms with E-state index in [9.17, 15) is 19.2 Å². The predicted molar refractivity (Wildman–Crippen MR) is 107 cm³/mol. The van der Waals surface area contributed by atoms with Gasteiger partial charge in [0.2, 0.25) is 0 Å². The quantitative estimate of drug-likeness (QED) is 0.521. The number of carbonyl (C=O) groups is 4. The fourth-order valence-electron chi connectivity index (χ4n) is 2.92. The second kappa shape index (κ2) is 9.53. The molecule has 1 aliphatic heterocycles. The van der Waals surface area contributed by atoms with Crippen LogP contribution in [0.2, 0.25) is 0 Å². The van der Waals surface area contributed by atoms with Gasteiger partial charge in [-0.15, -0.1) is 0 Å². The lowest BCUT2D eigenvalue weighted by Gasteiger charge is -2.30. The van der Waals surface area contributed by atoms with Gasteiger partial charge in [0, 0.05) is 6.42 Å². The Hall–Kier alpha value is -2.52. The highest BCUT2D eigenvalue weighted by Crippen LogP contribution is 2.31. The molecule has 0 aromatic heterocycles. The van der Waals surface area contributed by atoms with Crippen LogP contribution in [0.15, 0.2) is 0 Å². The van der Waals surface area contributed by atoms with Crippen molar-refractivity contribution in [2.45, 2.75) is 84.6 Å². The van der Waals surface area contributed by atoms with Gasteiger partial charge in [-0.2, -0.15) is 0 Å². The standard InChI is InChI=1S/C20H34N2O8/c1-9-27-14(23)13-11-20(15(24)28-10-2,21-16(25)29-18(3,4)5)12-22(13)17(26)30-19(6,7)8/h13H,9-12H2,1-8H3,(H,21,25)/t13-,20+/m1/s1. The summed E-state index contributed by atoms with van der Waals surface area (Å²) in [4.78, 5) is 51.7. The lowest BCUT2D eigenvalue weighted by atomic mass is 9.96. The highest BCUT2D eigenvalue weighted by molar-refractivity contribution is 5.91. The number of hydrogen-bond acceptors (Lipinski definition) is 8. The van der Waals surface area contributed by atoms with Crippen molar-refractivity contribution >= 4 is 24.1 Å². The Labute approximate surface area is 177 Å². The number of alkyl carbamates (subject to hydrolysis) is 1. The number of hydrogen-bond donors (Lipinski definition) is 1. The first-order valence-corrected chi connectivity index (χ1v) is 9.98. The smallest absolute Gasteiger partial charge is 0.411 e. The Bertz CT molecular complexity index is 665. The van der Waals surface area contributed by atoms with Crippen LogP contribution in [0.4, 0.5) is 9.59 Å². The second-order valence-corrected chi connectivity index (χ2v) is 9.01. The van der Waals surface area contributed by atoms with Crippen LogP contribution < -0.4 is 5.32 Å². The van der Waals surface area contributed by atoms with Crippen LogP contribution in [0.3, 0.4) is 0 Å². The summed E-state index contributed by atoms with van der Waals surface area (Å²) in [6.45, 7) is 13.1. The number of nitrogens with one attached hydrogen (secondary N) is 1. The first-order valence-electron chi connectivity index (χ1n) is 9.98. The summed E-state index contributed by atoms with van der Waals surface area (Å²) in [6, 6.07) is -1.14. The lowest BCUT2D eigenvalue weighted by Crippen LogP contribution is -2.58. The Morgan fingerprint density at radius 1 is 0.933 bits per heavy atom. The predicted octanol–water partition coefficient (Wildman–Crippen LogP) is 2.39. The molecule has 0 aromatic rings. The minimum Gasteiger partial charge on any atom is -0.464 e. The minimum absolute atomic E-state index is 0.0487. The van der Waals surface area contributed by atoms with Gasteiger partial charge < -0.3 is 24.3 Å². The summed E-state index contributed by atoms with van der Waals surface area (Å²) in [6.07, 6.45) is -1.91. The van der Waals surface area contributed by atoms with Gasteiger partial charge in [-0.25, -0.2) is 19.2 Å². The molecule has 0 radical (unpaired) electrons. The average molecular weight is 430 g/mol. The monoisotopic (exact) mass is 430 g/mol. The SMILES string of the molecule is CCOC(=O)[C@H]1C[C@@](NC(=O)OC(C)(C)C)(C(=O)OCC)CN1C(=O)OC(C)(C)C. The van der Waals surface area contributed by atoms with E-state index >= 15 is 0 Å². The van der Waals surface area contributed by atoms with E-state index in [1.807, 2.05) is 0 Å². The first-order chi connectivity index (χ1) is 13.6. The molecule has 0 unspecified atom stereocenters. The number of amides is 2. The molecule has 1 fully saturated rings. The molecule has 0 aliphatic carbocycles. The zero-order chi connectivity index (χ0) is 23.3. The van der Waals surface area contributed by atoms with Crippen LogP contribution in [-0.2, 0) is 28.5 Å². The molecule has 1 N–H and O–H groups in total. The lowest BCUT2D eigenvalue weighted by molar-refractivity contribution is -0.150. The molecule has 2 atom stereocenters. The van der Waals surface area contributed by atoms with Gasteiger partial charge in [0.05, 0.1) is 19.8 Å².